The molecular weight excluding hydrogens is 306 g/mol. The molecule has 0 bridgehead atoms. The minimum absolute atomic E-state index is 0.306. The van der Waals surface area contributed by atoms with E-state index in [4.69, 9.17) is 10.4 Å². The topological polar surface area (TPSA) is 105 Å². The molecular formula is C18H27N3O3. The molecule has 0 heterocycles. The van der Waals surface area contributed by atoms with E-state index in [0.717, 1.165) is 18.4 Å². The van der Waals surface area contributed by atoms with E-state index >= 15 is 0 Å². The van der Waals surface area contributed by atoms with Crippen molar-refractivity contribution >= 4 is 6.09 Å². The average molecular weight is 333 g/mol. The monoisotopic (exact) mass is 333 g/mol. The molecule has 0 aliphatic heterocycles. The molecule has 3 atom stereocenters. The van der Waals surface area contributed by atoms with E-state index in [9.17, 15) is 9.90 Å². The third-order valence-corrected chi connectivity index (χ3v) is 4.10. The molecule has 0 aliphatic rings. The number of aliphatic hydroxyl groups excluding tert-OH is 1. The Morgan fingerprint density at radius 3 is 2.58 bits per heavy atom. The second-order valence-corrected chi connectivity index (χ2v) is 5.94. The van der Waals surface area contributed by atoms with Gasteiger partial charge in [-0.05, 0) is 30.9 Å². The summed E-state index contributed by atoms with van der Waals surface area (Å²) in [6, 6.07) is 11.1. The van der Waals surface area contributed by atoms with Gasteiger partial charge in [0.25, 0.3) is 0 Å². The summed E-state index contributed by atoms with van der Waals surface area (Å²) >= 11 is 0. The lowest BCUT2D eigenvalue weighted by Gasteiger charge is -2.24. The second-order valence-electron chi connectivity index (χ2n) is 5.94. The van der Waals surface area contributed by atoms with Gasteiger partial charge in [0.05, 0.1) is 18.2 Å². The van der Waals surface area contributed by atoms with Crippen molar-refractivity contribution in [2.75, 3.05) is 13.1 Å². The fourth-order valence-corrected chi connectivity index (χ4v) is 2.61. The number of amides is 1. The maximum Gasteiger partial charge on any atom is 0.404 e. The molecule has 0 aliphatic carbocycles. The molecule has 1 unspecified atom stereocenters. The number of nitrogens with one attached hydrogen (secondary N) is 2. The Morgan fingerprint density at radius 1 is 1.29 bits per heavy atom. The van der Waals surface area contributed by atoms with Gasteiger partial charge in [-0.1, -0.05) is 43.7 Å². The summed E-state index contributed by atoms with van der Waals surface area (Å²) < 4.78 is 0. The van der Waals surface area contributed by atoms with Crippen molar-refractivity contribution in [3.05, 3.63) is 35.9 Å². The van der Waals surface area contributed by atoms with Crippen LogP contribution in [0.4, 0.5) is 4.79 Å². The molecule has 0 radical (unpaired) electrons. The zero-order valence-electron chi connectivity index (χ0n) is 14.1. The third-order valence-electron chi connectivity index (χ3n) is 4.10. The Balaban J connectivity index is 2.50. The first-order valence-electron chi connectivity index (χ1n) is 8.35. The number of nitrogens with zero attached hydrogens (tertiary/aromatic N) is 1. The van der Waals surface area contributed by atoms with Crippen LogP contribution < -0.4 is 10.6 Å². The quantitative estimate of drug-likeness (QED) is 0.496. The highest BCUT2D eigenvalue weighted by Gasteiger charge is 2.21. The molecule has 1 aromatic carbocycles. The number of nitriles is 1. The predicted molar refractivity (Wildman–Crippen MR) is 92.6 cm³/mol. The van der Waals surface area contributed by atoms with Crippen LogP contribution in [-0.2, 0) is 6.42 Å². The molecule has 1 aromatic rings. The van der Waals surface area contributed by atoms with Gasteiger partial charge in [0, 0.05) is 13.0 Å². The van der Waals surface area contributed by atoms with Gasteiger partial charge in [-0.3, -0.25) is 0 Å². The highest BCUT2D eigenvalue weighted by atomic mass is 16.4. The summed E-state index contributed by atoms with van der Waals surface area (Å²) in [5, 5.41) is 33.6. The van der Waals surface area contributed by atoms with E-state index in [1.54, 1.807) is 0 Å². The van der Waals surface area contributed by atoms with Gasteiger partial charge < -0.3 is 20.8 Å². The maximum atomic E-state index is 11.0. The van der Waals surface area contributed by atoms with E-state index in [1.165, 1.54) is 0 Å². The summed E-state index contributed by atoms with van der Waals surface area (Å²) in [6.45, 7) is 3.09. The molecule has 24 heavy (non-hydrogen) atoms. The van der Waals surface area contributed by atoms with Crippen LogP contribution in [-0.4, -0.2) is 41.5 Å². The fraction of sp³-hybridized carbons (Fsp3) is 0.556. The van der Waals surface area contributed by atoms with Gasteiger partial charge in [0.1, 0.15) is 0 Å². The first-order valence-corrected chi connectivity index (χ1v) is 8.35. The molecule has 6 heteroatoms. The van der Waals surface area contributed by atoms with Crippen molar-refractivity contribution in [2.45, 2.75) is 44.8 Å². The van der Waals surface area contributed by atoms with Crippen LogP contribution in [0.3, 0.4) is 0 Å². The van der Waals surface area contributed by atoms with Crippen molar-refractivity contribution < 1.29 is 15.0 Å². The Labute approximate surface area is 143 Å². The van der Waals surface area contributed by atoms with Gasteiger partial charge in [0.15, 0.2) is 0 Å². The number of hydrogen-bond acceptors (Lipinski definition) is 4. The van der Waals surface area contributed by atoms with Gasteiger partial charge in [-0.2, -0.15) is 5.26 Å². The van der Waals surface area contributed by atoms with Gasteiger partial charge in [-0.25, -0.2) is 4.79 Å². The van der Waals surface area contributed by atoms with Crippen LogP contribution in [0.1, 0.15) is 31.7 Å². The van der Waals surface area contributed by atoms with E-state index in [1.807, 2.05) is 30.3 Å². The first kappa shape index (κ1) is 19.9. The van der Waals surface area contributed by atoms with Gasteiger partial charge in [0.2, 0.25) is 0 Å². The molecule has 0 spiro atoms. The van der Waals surface area contributed by atoms with E-state index in [0.29, 0.717) is 31.8 Å². The Hall–Kier alpha value is -2.10. The molecule has 132 valence electrons. The standard InChI is InChI=1S/C18H27N3O3/c1-2-14(9-6-10-19)12-20-13-17(22)16(21-18(23)24)11-15-7-4-3-5-8-15/h3-5,7-8,14,16-17,20-22H,2,6,9,11-13H2,1H3,(H,23,24)/t14?,16-,17+/m0/s1. The number of aliphatic hydroxyl groups is 1. The van der Waals surface area contributed by atoms with Crippen molar-refractivity contribution in [1.29, 1.82) is 5.26 Å². The highest BCUT2D eigenvalue weighted by Crippen LogP contribution is 2.10. The van der Waals surface area contributed by atoms with Crippen LogP contribution in [0, 0.1) is 17.2 Å². The lowest BCUT2D eigenvalue weighted by Crippen LogP contribution is -2.48. The SMILES string of the molecule is CCC(CCC#N)CNC[C@@H](O)[C@H](Cc1ccccc1)NC(=O)O. The molecule has 0 fully saturated rings. The normalized spacial score (nSPS) is 14.4. The number of carbonyl (C=O) groups is 1. The van der Waals surface area contributed by atoms with Gasteiger partial charge >= 0.3 is 6.09 Å². The zero-order valence-corrected chi connectivity index (χ0v) is 14.1. The Bertz CT molecular complexity index is 516. The minimum atomic E-state index is -1.14. The van der Waals surface area contributed by atoms with Crippen molar-refractivity contribution in [3.8, 4) is 6.07 Å². The lowest BCUT2D eigenvalue weighted by atomic mass is 9.99. The molecule has 0 saturated heterocycles. The van der Waals surface area contributed by atoms with E-state index in [2.05, 4.69) is 23.6 Å². The average Bonchev–Trinajstić information content (AvgIpc) is 2.57. The third kappa shape index (κ3) is 7.95. The maximum absolute atomic E-state index is 11.0. The Morgan fingerprint density at radius 2 is 2.00 bits per heavy atom. The zero-order chi connectivity index (χ0) is 17.8. The van der Waals surface area contributed by atoms with Crippen LogP contribution in [0.5, 0.6) is 0 Å². The second kappa shape index (κ2) is 11.4. The minimum Gasteiger partial charge on any atom is -0.465 e. The summed E-state index contributed by atoms with van der Waals surface area (Å²) in [5.41, 5.74) is 0.968. The number of carboxylic acid groups (broad SMARTS) is 1. The smallest absolute Gasteiger partial charge is 0.404 e. The van der Waals surface area contributed by atoms with E-state index in [-0.39, 0.29) is 0 Å². The predicted octanol–water partition coefficient (Wildman–Crippen LogP) is 2.15. The van der Waals surface area contributed by atoms with Crippen LogP contribution in [0.25, 0.3) is 0 Å². The van der Waals surface area contributed by atoms with Crippen LogP contribution in [0.15, 0.2) is 30.3 Å². The number of rotatable bonds is 11. The molecule has 6 nitrogen and oxygen atoms in total. The molecule has 1 rings (SSSR count). The molecule has 0 aromatic heterocycles. The van der Waals surface area contributed by atoms with E-state index < -0.39 is 18.2 Å². The van der Waals surface area contributed by atoms with Crippen molar-refractivity contribution in [3.63, 3.8) is 0 Å². The molecule has 0 saturated carbocycles. The Kier molecular flexibility index (Phi) is 9.51. The summed E-state index contributed by atoms with van der Waals surface area (Å²) in [5.74, 6) is 0.386. The largest absolute Gasteiger partial charge is 0.465 e. The summed E-state index contributed by atoms with van der Waals surface area (Å²) in [6.07, 6.45) is 0.787. The molecule has 1 amide bonds. The lowest BCUT2D eigenvalue weighted by molar-refractivity contribution is 0.116. The fourth-order valence-electron chi connectivity index (χ4n) is 2.61. The van der Waals surface area contributed by atoms with Crippen molar-refractivity contribution in [2.24, 2.45) is 5.92 Å². The van der Waals surface area contributed by atoms with Crippen LogP contribution >= 0.6 is 0 Å². The number of benzene rings is 1. The highest BCUT2D eigenvalue weighted by molar-refractivity contribution is 5.65. The van der Waals surface area contributed by atoms with Crippen LogP contribution in [0.2, 0.25) is 0 Å². The summed E-state index contributed by atoms with van der Waals surface area (Å²) in [7, 11) is 0. The molecule has 4 N–H and O–H groups in total. The summed E-state index contributed by atoms with van der Waals surface area (Å²) in [4.78, 5) is 11.0. The van der Waals surface area contributed by atoms with Gasteiger partial charge in [-0.15, -0.1) is 0 Å². The number of hydrogen-bond donors (Lipinski definition) is 4. The first-order chi connectivity index (χ1) is 11.6. The van der Waals surface area contributed by atoms with Crippen molar-refractivity contribution in [1.82, 2.24) is 10.6 Å².